The van der Waals surface area contributed by atoms with Crippen LogP contribution in [0.15, 0.2) is 24.3 Å². The van der Waals surface area contributed by atoms with E-state index in [9.17, 15) is 14.7 Å². The van der Waals surface area contributed by atoms with Crippen LogP contribution in [-0.4, -0.2) is 29.8 Å². The average Bonchev–Trinajstić information content (AvgIpc) is 2.67. The fraction of sp³-hybridized carbons (Fsp3) is 0.333. The first-order chi connectivity index (χ1) is 8.15. The van der Waals surface area contributed by atoms with Crippen LogP contribution in [0.5, 0.6) is 0 Å². The second kappa shape index (κ2) is 4.55. The summed E-state index contributed by atoms with van der Waals surface area (Å²) in [6, 6.07) is 6.65. The van der Waals surface area contributed by atoms with Crippen molar-refractivity contribution in [3.05, 3.63) is 35.4 Å². The molecule has 0 aromatic heterocycles. The Kier molecular flexibility index (Phi) is 3.10. The maximum Gasteiger partial charge on any atom is 0.339 e. The number of ether oxygens (including phenoxy) is 2. The van der Waals surface area contributed by atoms with Crippen molar-refractivity contribution in [2.45, 2.75) is 19.1 Å². The van der Waals surface area contributed by atoms with Gasteiger partial charge in [0, 0.05) is 5.56 Å². The zero-order chi connectivity index (χ0) is 12.4. The van der Waals surface area contributed by atoms with Gasteiger partial charge in [-0.25, -0.2) is 9.59 Å². The molecule has 5 heteroatoms. The first-order valence-corrected chi connectivity index (χ1v) is 5.29. The number of fused-ring (bicyclic) bond motifs is 1. The molecule has 0 unspecified atom stereocenters. The van der Waals surface area contributed by atoms with Crippen molar-refractivity contribution in [3.63, 3.8) is 0 Å². The molecule has 0 spiro atoms. The van der Waals surface area contributed by atoms with Crippen LogP contribution in [0.1, 0.15) is 28.9 Å². The van der Waals surface area contributed by atoms with Gasteiger partial charge in [-0.05, 0) is 13.0 Å². The number of hydrogen-bond acceptors (Lipinski definition) is 5. The average molecular weight is 236 g/mol. The Morgan fingerprint density at radius 2 is 2.24 bits per heavy atom. The van der Waals surface area contributed by atoms with Gasteiger partial charge < -0.3 is 14.6 Å². The molecule has 2 rings (SSSR count). The first-order valence-electron chi connectivity index (χ1n) is 5.29. The van der Waals surface area contributed by atoms with Crippen molar-refractivity contribution in [1.29, 1.82) is 0 Å². The minimum atomic E-state index is -1.48. The van der Waals surface area contributed by atoms with Crippen molar-refractivity contribution in [3.8, 4) is 0 Å². The van der Waals surface area contributed by atoms with Crippen molar-refractivity contribution < 1.29 is 24.2 Å². The molecule has 17 heavy (non-hydrogen) atoms. The van der Waals surface area contributed by atoms with E-state index in [1.165, 1.54) is 0 Å². The lowest BCUT2D eigenvalue weighted by Gasteiger charge is -2.16. The highest BCUT2D eigenvalue weighted by Crippen LogP contribution is 2.33. The summed E-state index contributed by atoms with van der Waals surface area (Å²) in [7, 11) is 0. The molecule has 90 valence electrons. The van der Waals surface area contributed by atoms with Crippen LogP contribution in [-0.2, 0) is 14.3 Å². The molecule has 0 amide bonds. The van der Waals surface area contributed by atoms with E-state index in [4.69, 9.17) is 4.74 Å². The number of benzene rings is 1. The highest BCUT2D eigenvalue weighted by Gasteiger charge is 2.39. The summed E-state index contributed by atoms with van der Waals surface area (Å²) >= 11 is 0. The normalized spacial score (nSPS) is 19.4. The molecule has 1 aromatic rings. The van der Waals surface area contributed by atoms with E-state index in [0.29, 0.717) is 11.1 Å². The van der Waals surface area contributed by atoms with Crippen LogP contribution in [0.4, 0.5) is 0 Å². The highest BCUT2D eigenvalue weighted by atomic mass is 16.6. The summed E-state index contributed by atoms with van der Waals surface area (Å²) in [6.45, 7) is 1.80. The van der Waals surface area contributed by atoms with Crippen molar-refractivity contribution >= 4 is 11.9 Å². The molecule has 0 aliphatic carbocycles. The fourth-order valence-electron chi connectivity index (χ4n) is 1.76. The third-order valence-electron chi connectivity index (χ3n) is 2.54. The van der Waals surface area contributed by atoms with E-state index in [2.05, 4.69) is 4.74 Å². The van der Waals surface area contributed by atoms with Crippen LogP contribution in [0.25, 0.3) is 0 Å². The van der Waals surface area contributed by atoms with Crippen molar-refractivity contribution in [1.82, 2.24) is 0 Å². The molecule has 1 heterocycles. The number of carbonyl (C=O) groups excluding carboxylic acids is 2. The van der Waals surface area contributed by atoms with E-state index < -0.39 is 24.1 Å². The number of rotatable bonds is 3. The summed E-state index contributed by atoms with van der Waals surface area (Å²) in [6.07, 6.45) is -2.46. The Morgan fingerprint density at radius 3 is 2.94 bits per heavy atom. The fourth-order valence-corrected chi connectivity index (χ4v) is 1.76. The Balaban J connectivity index is 2.25. The predicted molar refractivity (Wildman–Crippen MR) is 57.2 cm³/mol. The summed E-state index contributed by atoms with van der Waals surface area (Å²) in [4.78, 5) is 22.9. The van der Waals surface area contributed by atoms with Crippen LogP contribution in [0.2, 0.25) is 0 Å². The lowest BCUT2D eigenvalue weighted by molar-refractivity contribution is -0.159. The molecular weight excluding hydrogens is 224 g/mol. The minimum absolute atomic E-state index is 0.165. The molecule has 0 radical (unpaired) electrons. The number of cyclic esters (lactones) is 1. The number of carbonyl (C=O) groups is 2. The van der Waals surface area contributed by atoms with Gasteiger partial charge in [0.05, 0.1) is 12.2 Å². The number of esters is 2. The van der Waals surface area contributed by atoms with Gasteiger partial charge in [0.25, 0.3) is 0 Å². The topological polar surface area (TPSA) is 72.8 Å². The predicted octanol–water partition coefficient (Wildman–Crippen LogP) is 0.822. The zero-order valence-corrected chi connectivity index (χ0v) is 9.25. The van der Waals surface area contributed by atoms with Gasteiger partial charge in [-0.3, -0.25) is 0 Å². The maximum absolute atomic E-state index is 11.5. The minimum Gasteiger partial charge on any atom is -0.464 e. The van der Waals surface area contributed by atoms with E-state index in [1.807, 2.05) is 0 Å². The Hall–Kier alpha value is -1.88. The Labute approximate surface area is 98.0 Å². The molecule has 0 fully saturated rings. The number of hydrogen-bond donors (Lipinski definition) is 1. The highest BCUT2D eigenvalue weighted by molar-refractivity contribution is 5.95. The van der Waals surface area contributed by atoms with Gasteiger partial charge in [0.1, 0.15) is 0 Å². The molecule has 2 atom stereocenters. The Morgan fingerprint density at radius 1 is 1.53 bits per heavy atom. The third kappa shape index (κ3) is 2.01. The maximum atomic E-state index is 11.5. The molecule has 1 aliphatic rings. The third-order valence-corrected chi connectivity index (χ3v) is 2.54. The van der Waals surface area contributed by atoms with E-state index in [-0.39, 0.29) is 6.61 Å². The van der Waals surface area contributed by atoms with E-state index in [0.717, 1.165) is 0 Å². The second-order valence-corrected chi connectivity index (χ2v) is 3.61. The van der Waals surface area contributed by atoms with Gasteiger partial charge in [-0.1, -0.05) is 18.2 Å². The summed E-state index contributed by atoms with van der Waals surface area (Å²) < 4.78 is 9.66. The van der Waals surface area contributed by atoms with Crippen molar-refractivity contribution in [2.75, 3.05) is 6.61 Å². The number of aliphatic hydroxyl groups excluding tert-OH is 1. The largest absolute Gasteiger partial charge is 0.464 e. The van der Waals surface area contributed by atoms with Gasteiger partial charge >= 0.3 is 11.9 Å². The molecular formula is C12H12O5. The molecule has 5 nitrogen and oxygen atoms in total. The molecule has 1 aromatic carbocycles. The van der Waals surface area contributed by atoms with Gasteiger partial charge in [-0.15, -0.1) is 0 Å². The zero-order valence-electron chi connectivity index (χ0n) is 9.25. The van der Waals surface area contributed by atoms with E-state index in [1.54, 1.807) is 31.2 Å². The molecule has 1 aliphatic heterocycles. The molecule has 0 saturated heterocycles. The number of aliphatic hydroxyl groups is 1. The molecule has 1 N–H and O–H groups in total. The summed E-state index contributed by atoms with van der Waals surface area (Å²) in [5.74, 6) is -1.32. The molecule has 0 bridgehead atoms. The van der Waals surface area contributed by atoms with Gasteiger partial charge in [0.15, 0.2) is 12.2 Å². The second-order valence-electron chi connectivity index (χ2n) is 3.61. The van der Waals surface area contributed by atoms with Gasteiger partial charge in [0.2, 0.25) is 0 Å². The monoisotopic (exact) mass is 236 g/mol. The Bertz CT molecular complexity index is 454. The van der Waals surface area contributed by atoms with Crippen molar-refractivity contribution in [2.24, 2.45) is 0 Å². The standard InChI is InChI=1S/C12H12O5/c1-2-16-12(15)9(13)10-7-5-3-4-6-8(7)11(14)17-10/h3-6,9-10,13H,2H2,1H3/t9-,10+/m0/s1. The van der Waals surface area contributed by atoms with Crippen LogP contribution in [0.3, 0.4) is 0 Å². The summed E-state index contributed by atoms with van der Waals surface area (Å²) in [5.41, 5.74) is 0.888. The first kappa shape index (κ1) is 11.6. The van der Waals surface area contributed by atoms with Crippen LogP contribution >= 0.6 is 0 Å². The smallest absolute Gasteiger partial charge is 0.339 e. The van der Waals surface area contributed by atoms with Crippen LogP contribution < -0.4 is 0 Å². The lowest BCUT2D eigenvalue weighted by atomic mass is 10.0. The van der Waals surface area contributed by atoms with E-state index >= 15 is 0 Å². The summed E-state index contributed by atoms with van der Waals surface area (Å²) in [5, 5.41) is 9.76. The van der Waals surface area contributed by atoms with Crippen LogP contribution in [0, 0.1) is 0 Å². The quantitative estimate of drug-likeness (QED) is 0.786. The SMILES string of the molecule is CCOC(=O)[C@@H](O)[C@@H]1OC(=O)c2ccccc21. The molecule has 0 saturated carbocycles. The lowest BCUT2D eigenvalue weighted by Crippen LogP contribution is -2.30. The van der Waals surface area contributed by atoms with Gasteiger partial charge in [-0.2, -0.15) is 0 Å².